The highest BCUT2D eigenvalue weighted by atomic mass is 16.2. The normalized spacial score (nSPS) is 18.1. The first kappa shape index (κ1) is 18.5. The Labute approximate surface area is 145 Å². The van der Waals surface area contributed by atoms with Crippen molar-refractivity contribution in [3.8, 4) is 0 Å². The highest BCUT2D eigenvalue weighted by Gasteiger charge is 2.35. The molecule has 0 bridgehead atoms. The van der Waals surface area contributed by atoms with Crippen LogP contribution in [0.5, 0.6) is 0 Å². The number of amides is 2. The maximum absolute atomic E-state index is 12.3. The zero-order chi connectivity index (χ0) is 17.7. The van der Waals surface area contributed by atoms with E-state index >= 15 is 0 Å². The fraction of sp³-hybridized carbons (Fsp3) is 0.600. The Morgan fingerprint density at radius 2 is 1.88 bits per heavy atom. The van der Waals surface area contributed by atoms with Gasteiger partial charge >= 0.3 is 0 Å². The number of hydrogen-bond donors (Lipinski definition) is 1. The minimum Gasteiger partial charge on any atom is -0.356 e. The molecule has 0 radical (unpaired) electrons. The van der Waals surface area contributed by atoms with Crippen molar-refractivity contribution in [2.24, 2.45) is 5.92 Å². The Morgan fingerprint density at radius 1 is 1.21 bits per heavy atom. The second-order valence-corrected chi connectivity index (χ2v) is 7.70. The third-order valence-electron chi connectivity index (χ3n) is 4.62. The van der Waals surface area contributed by atoms with Gasteiger partial charge in [-0.05, 0) is 29.5 Å². The van der Waals surface area contributed by atoms with Crippen molar-refractivity contribution in [3.63, 3.8) is 0 Å². The Hall–Kier alpha value is -1.84. The van der Waals surface area contributed by atoms with Crippen LogP contribution in [-0.2, 0) is 15.0 Å². The van der Waals surface area contributed by atoms with E-state index < -0.39 is 0 Å². The first-order chi connectivity index (χ1) is 11.3. The Bertz CT molecular complexity index is 572. The molecule has 2 amide bonds. The van der Waals surface area contributed by atoms with Crippen LogP contribution >= 0.6 is 0 Å². The summed E-state index contributed by atoms with van der Waals surface area (Å²) in [5.74, 6) is -0.193. The number of nitrogens with zero attached hydrogens (tertiary/aromatic N) is 1. The fourth-order valence-electron chi connectivity index (χ4n) is 3.01. The van der Waals surface area contributed by atoms with Crippen LogP contribution in [0.4, 0.5) is 5.69 Å². The van der Waals surface area contributed by atoms with E-state index in [4.69, 9.17) is 0 Å². The zero-order valence-electron chi connectivity index (χ0n) is 15.4. The molecule has 1 atom stereocenters. The zero-order valence-corrected chi connectivity index (χ0v) is 15.4. The predicted octanol–water partition coefficient (Wildman–Crippen LogP) is 3.64. The third kappa shape index (κ3) is 4.59. The molecule has 0 aliphatic carbocycles. The number of nitrogens with one attached hydrogen (secondary N) is 1. The molecule has 1 heterocycles. The lowest BCUT2D eigenvalue weighted by Gasteiger charge is -2.21. The van der Waals surface area contributed by atoms with Crippen LogP contribution in [0.25, 0.3) is 0 Å². The molecular weight excluding hydrogens is 300 g/mol. The van der Waals surface area contributed by atoms with Gasteiger partial charge in [0.2, 0.25) is 11.8 Å². The van der Waals surface area contributed by atoms with Crippen LogP contribution in [-0.4, -0.2) is 24.9 Å². The Kier molecular flexibility index (Phi) is 6.03. The van der Waals surface area contributed by atoms with Crippen molar-refractivity contribution < 1.29 is 9.59 Å². The lowest BCUT2D eigenvalue weighted by atomic mass is 9.87. The highest BCUT2D eigenvalue weighted by molar-refractivity contribution is 6.00. The second-order valence-electron chi connectivity index (χ2n) is 7.70. The quantitative estimate of drug-likeness (QED) is 0.810. The van der Waals surface area contributed by atoms with Gasteiger partial charge in [0.25, 0.3) is 0 Å². The highest BCUT2D eigenvalue weighted by Crippen LogP contribution is 2.28. The van der Waals surface area contributed by atoms with Gasteiger partial charge in [0.05, 0.1) is 5.92 Å². The van der Waals surface area contributed by atoms with Gasteiger partial charge in [-0.25, -0.2) is 0 Å². The Morgan fingerprint density at radius 3 is 2.46 bits per heavy atom. The van der Waals surface area contributed by atoms with Crippen molar-refractivity contribution in [2.45, 2.75) is 58.8 Å². The summed E-state index contributed by atoms with van der Waals surface area (Å²) in [4.78, 5) is 26.3. The molecule has 1 aliphatic rings. The number of benzene rings is 1. The van der Waals surface area contributed by atoms with E-state index in [1.807, 2.05) is 12.1 Å². The topological polar surface area (TPSA) is 49.4 Å². The molecule has 1 aromatic rings. The fourth-order valence-corrected chi connectivity index (χ4v) is 3.01. The number of carbonyl (C=O) groups excluding carboxylic acids is 2. The van der Waals surface area contributed by atoms with Crippen LogP contribution < -0.4 is 10.2 Å². The molecular formula is C20H30N2O2. The molecule has 4 nitrogen and oxygen atoms in total. The standard InChI is InChI=1S/C20H30N2O2/c1-5-6-7-12-21-19(24)15-13-18(23)22(14-15)17-10-8-16(9-11-17)20(2,3)4/h8-11,15H,5-7,12-14H2,1-4H3,(H,21,24). The molecule has 1 N–H and O–H groups in total. The van der Waals surface area contributed by atoms with E-state index in [2.05, 4.69) is 45.1 Å². The van der Waals surface area contributed by atoms with Gasteiger partial charge in [0.15, 0.2) is 0 Å². The molecule has 1 aliphatic heterocycles. The van der Waals surface area contributed by atoms with Crippen LogP contribution in [0, 0.1) is 5.92 Å². The first-order valence-corrected chi connectivity index (χ1v) is 9.01. The van der Waals surface area contributed by atoms with E-state index in [1.54, 1.807) is 4.90 Å². The molecule has 4 heteroatoms. The summed E-state index contributed by atoms with van der Waals surface area (Å²) in [7, 11) is 0. The average Bonchev–Trinajstić information content (AvgIpc) is 2.93. The van der Waals surface area contributed by atoms with Gasteiger partial charge in [-0.15, -0.1) is 0 Å². The molecule has 1 saturated heterocycles. The number of unbranched alkanes of at least 4 members (excludes halogenated alkanes) is 2. The summed E-state index contributed by atoms with van der Waals surface area (Å²) in [5, 5.41) is 2.96. The minimum atomic E-state index is -0.235. The monoisotopic (exact) mass is 330 g/mol. The van der Waals surface area contributed by atoms with E-state index in [0.29, 0.717) is 19.5 Å². The molecule has 0 aromatic heterocycles. The van der Waals surface area contributed by atoms with Crippen molar-refractivity contribution >= 4 is 17.5 Å². The molecule has 1 unspecified atom stereocenters. The summed E-state index contributed by atoms with van der Waals surface area (Å²) in [6, 6.07) is 8.11. The number of rotatable bonds is 6. The summed E-state index contributed by atoms with van der Waals surface area (Å²) in [6.07, 6.45) is 3.56. The number of hydrogen-bond acceptors (Lipinski definition) is 2. The van der Waals surface area contributed by atoms with Crippen molar-refractivity contribution in [3.05, 3.63) is 29.8 Å². The van der Waals surface area contributed by atoms with Crippen LogP contribution in [0.15, 0.2) is 24.3 Å². The molecule has 0 saturated carbocycles. The summed E-state index contributed by atoms with van der Waals surface area (Å²) >= 11 is 0. The third-order valence-corrected chi connectivity index (χ3v) is 4.62. The predicted molar refractivity (Wildman–Crippen MR) is 98.1 cm³/mol. The lowest BCUT2D eigenvalue weighted by molar-refractivity contribution is -0.126. The second kappa shape index (κ2) is 7.82. The molecule has 1 fully saturated rings. The van der Waals surface area contributed by atoms with Crippen molar-refractivity contribution in [1.82, 2.24) is 5.32 Å². The van der Waals surface area contributed by atoms with Crippen molar-refractivity contribution in [1.29, 1.82) is 0 Å². The van der Waals surface area contributed by atoms with Gasteiger partial charge in [-0.3, -0.25) is 9.59 Å². The summed E-state index contributed by atoms with van der Waals surface area (Å²) < 4.78 is 0. The van der Waals surface area contributed by atoms with E-state index in [9.17, 15) is 9.59 Å². The molecule has 24 heavy (non-hydrogen) atoms. The lowest BCUT2D eigenvalue weighted by Crippen LogP contribution is -2.33. The Balaban J connectivity index is 1.96. The molecule has 132 valence electrons. The smallest absolute Gasteiger partial charge is 0.227 e. The molecule has 1 aromatic carbocycles. The molecule has 2 rings (SSSR count). The van der Waals surface area contributed by atoms with Gasteiger partial charge in [0.1, 0.15) is 0 Å². The SMILES string of the molecule is CCCCCNC(=O)C1CC(=O)N(c2ccc(C(C)(C)C)cc2)C1. The van der Waals surface area contributed by atoms with Crippen LogP contribution in [0.3, 0.4) is 0 Å². The van der Waals surface area contributed by atoms with Gasteiger partial charge < -0.3 is 10.2 Å². The minimum absolute atomic E-state index is 0.00765. The largest absolute Gasteiger partial charge is 0.356 e. The average molecular weight is 330 g/mol. The van der Waals surface area contributed by atoms with Gasteiger partial charge in [-0.1, -0.05) is 52.7 Å². The maximum Gasteiger partial charge on any atom is 0.227 e. The number of anilines is 1. The molecule has 0 spiro atoms. The van der Waals surface area contributed by atoms with E-state index in [1.165, 1.54) is 5.56 Å². The van der Waals surface area contributed by atoms with Crippen LogP contribution in [0.1, 0.15) is 58.9 Å². The summed E-state index contributed by atoms with van der Waals surface area (Å²) in [5.41, 5.74) is 2.21. The van der Waals surface area contributed by atoms with Crippen LogP contribution in [0.2, 0.25) is 0 Å². The number of carbonyl (C=O) groups is 2. The van der Waals surface area contributed by atoms with E-state index in [0.717, 1.165) is 24.9 Å². The van der Waals surface area contributed by atoms with Crippen molar-refractivity contribution in [2.75, 3.05) is 18.0 Å². The van der Waals surface area contributed by atoms with E-state index in [-0.39, 0.29) is 23.1 Å². The van der Waals surface area contributed by atoms with Gasteiger partial charge in [0, 0.05) is 25.2 Å². The summed E-state index contributed by atoms with van der Waals surface area (Å²) in [6.45, 7) is 9.83. The maximum atomic E-state index is 12.3. The van der Waals surface area contributed by atoms with Gasteiger partial charge in [-0.2, -0.15) is 0 Å². The first-order valence-electron chi connectivity index (χ1n) is 9.01.